The van der Waals surface area contributed by atoms with Gasteiger partial charge in [0.25, 0.3) is 0 Å². The molecule has 1 aliphatic rings. The van der Waals surface area contributed by atoms with Crippen LogP contribution in [0.5, 0.6) is 5.75 Å². The number of hydrogen-bond donors (Lipinski definition) is 1. The third-order valence-electron chi connectivity index (χ3n) is 3.20. The summed E-state index contributed by atoms with van der Waals surface area (Å²) in [4.78, 5) is 0. The molecule has 2 rings (SSSR count). The Bertz CT molecular complexity index is 363. The van der Waals surface area contributed by atoms with E-state index in [-0.39, 0.29) is 0 Å². The molecule has 0 amide bonds. The second kappa shape index (κ2) is 5.19. The molecule has 1 atom stereocenters. The van der Waals surface area contributed by atoms with Gasteiger partial charge in [-0.3, -0.25) is 0 Å². The maximum Gasteiger partial charge on any atom is 0.120 e. The normalized spacial score (nSPS) is 17.2. The zero-order valence-electron chi connectivity index (χ0n) is 9.79. The van der Waals surface area contributed by atoms with Gasteiger partial charge in [-0.15, -0.1) is 0 Å². The van der Waals surface area contributed by atoms with E-state index < -0.39 is 0 Å². The lowest BCUT2D eigenvalue weighted by Crippen LogP contribution is -2.17. The van der Waals surface area contributed by atoms with Gasteiger partial charge in [0.2, 0.25) is 0 Å². The van der Waals surface area contributed by atoms with E-state index in [0.29, 0.717) is 6.04 Å². The van der Waals surface area contributed by atoms with Crippen LogP contribution in [0.15, 0.2) is 22.7 Å². The molecule has 0 saturated heterocycles. The van der Waals surface area contributed by atoms with Gasteiger partial charge >= 0.3 is 0 Å². The third kappa shape index (κ3) is 2.77. The van der Waals surface area contributed by atoms with Crippen LogP contribution in [0.25, 0.3) is 0 Å². The van der Waals surface area contributed by atoms with E-state index in [2.05, 4.69) is 27.3 Å². The lowest BCUT2D eigenvalue weighted by molar-refractivity contribution is 0.413. The molecule has 0 bridgehead atoms. The van der Waals surface area contributed by atoms with E-state index in [1.165, 1.54) is 24.8 Å². The van der Waals surface area contributed by atoms with Crippen molar-refractivity contribution in [3.63, 3.8) is 0 Å². The summed E-state index contributed by atoms with van der Waals surface area (Å²) >= 11 is 3.62. The highest BCUT2D eigenvalue weighted by Crippen LogP contribution is 2.39. The van der Waals surface area contributed by atoms with E-state index in [9.17, 15) is 0 Å². The number of benzene rings is 1. The van der Waals surface area contributed by atoms with Gasteiger partial charge in [0.05, 0.1) is 7.11 Å². The topological polar surface area (TPSA) is 21.3 Å². The van der Waals surface area contributed by atoms with E-state index in [4.69, 9.17) is 4.74 Å². The molecule has 2 nitrogen and oxygen atoms in total. The van der Waals surface area contributed by atoms with Gasteiger partial charge in [-0.05, 0) is 37.1 Å². The van der Waals surface area contributed by atoms with Crippen LogP contribution in [-0.2, 0) is 0 Å². The molecule has 0 radical (unpaired) electrons. The maximum absolute atomic E-state index is 5.21. The van der Waals surface area contributed by atoms with Crippen molar-refractivity contribution >= 4 is 15.9 Å². The molecule has 0 spiro atoms. The van der Waals surface area contributed by atoms with Gasteiger partial charge in [0, 0.05) is 10.5 Å². The van der Waals surface area contributed by atoms with Crippen molar-refractivity contribution in [1.82, 2.24) is 5.32 Å². The first-order chi connectivity index (χ1) is 7.74. The van der Waals surface area contributed by atoms with Gasteiger partial charge in [-0.1, -0.05) is 34.8 Å². The minimum Gasteiger partial charge on any atom is -0.497 e. The molecule has 3 heteroatoms. The van der Waals surface area contributed by atoms with Crippen LogP contribution in [0.2, 0.25) is 0 Å². The molecule has 0 aliphatic heterocycles. The molecule has 1 unspecified atom stereocenters. The lowest BCUT2D eigenvalue weighted by atomic mass is 10.0. The average molecular weight is 284 g/mol. The monoisotopic (exact) mass is 283 g/mol. The molecule has 0 aromatic heterocycles. The maximum atomic E-state index is 5.21. The largest absolute Gasteiger partial charge is 0.497 e. The van der Waals surface area contributed by atoms with Crippen molar-refractivity contribution in [3.8, 4) is 5.75 Å². The number of hydrogen-bond acceptors (Lipinski definition) is 2. The van der Waals surface area contributed by atoms with Crippen molar-refractivity contribution in [1.29, 1.82) is 0 Å². The zero-order chi connectivity index (χ0) is 11.5. The number of ether oxygens (including phenoxy) is 1. The Morgan fingerprint density at radius 2 is 2.25 bits per heavy atom. The van der Waals surface area contributed by atoms with E-state index in [0.717, 1.165) is 16.1 Å². The van der Waals surface area contributed by atoms with Crippen molar-refractivity contribution in [2.75, 3.05) is 14.2 Å². The Balaban J connectivity index is 2.15. The minimum atomic E-state index is 0.452. The second-order valence-electron chi connectivity index (χ2n) is 4.41. The first kappa shape index (κ1) is 11.9. The van der Waals surface area contributed by atoms with Crippen LogP contribution < -0.4 is 10.1 Å². The molecular formula is C13H18BrNO. The third-order valence-corrected chi connectivity index (χ3v) is 3.88. The summed E-state index contributed by atoms with van der Waals surface area (Å²) in [6, 6.07) is 6.66. The first-order valence-electron chi connectivity index (χ1n) is 5.75. The summed E-state index contributed by atoms with van der Waals surface area (Å²) in [5, 5.41) is 3.40. The Hall–Kier alpha value is -0.540. The molecule has 1 saturated carbocycles. The highest BCUT2D eigenvalue weighted by molar-refractivity contribution is 9.10. The van der Waals surface area contributed by atoms with Crippen molar-refractivity contribution in [2.45, 2.75) is 25.3 Å². The average Bonchev–Trinajstić information content (AvgIpc) is 3.10. The summed E-state index contributed by atoms with van der Waals surface area (Å²) in [5.74, 6) is 1.82. The fraction of sp³-hybridized carbons (Fsp3) is 0.538. The molecular weight excluding hydrogens is 266 g/mol. The molecule has 0 heterocycles. The second-order valence-corrected chi connectivity index (χ2v) is 5.26. The highest BCUT2D eigenvalue weighted by atomic mass is 79.9. The van der Waals surface area contributed by atoms with Crippen LogP contribution in [0, 0.1) is 5.92 Å². The number of rotatable bonds is 5. The zero-order valence-corrected chi connectivity index (χ0v) is 11.4. The van der Waals surface area contributed by atoms with Crippen molar-refractivity contribution < 1.29 is 4.74 Å². The fourth-order valence-electron chi connectivity index (χ4n) is 2.00. The molecule has 1 N–H and O–H groups in total. The number of halogens is 1. The van der Waals surface area contributed by atoms with Crippen LogP contribution in [0.1, 0.15) is 30.9 Å². The predicted molar refractivity (Wildman–Crippen MR) is 69.8 cm³/mol. The summed E-state index contributed by atoms with van der Waals surface area (Å²) in [5.41, 5.74) is 1.33. The van der Waals surface area contributed by atoms with Crippen LogP contribution >= 0.6 is 15.9 Å². The number of nitrogens with one attached hydrogen (secondary N) is 1. The summed E-state index contributed by atoms with van der Waals surface area (Å²) in [7, 11) is 3.73. The standard InChI is InChI=1S/C13H18BrNO/c1-15-13(7-9-3-4-9)11-6-5-10(16-2)8-12(11)14/h5-6,8-9,13,15H,3-4,7H2,1-2H3. The Kier molecular flexibility index (Phi) is 3.87. The molecule has 1 fully saturated rings. The molecule has 88 valence electrons. The van der Waals surface area contributed by atoms with Gasteiger partial charge in [0.1, 0.15) is 5.75 Å². The van der Waals surface area contributed by atoms with Gasteiger partial charge in [-0.2, -0.15) is 0 Å². The van der Waals surface area contributed by atoms with E-state index in [1.807, 2.05) is 19.2 Å². The van der Waals surface area contributed by atoms with Crippen LogP contribution in [0.4, 0.5) is 0 Å². The smallest absolute Gasteiger partial charge is 0.120 e. The Morgan fingerprint density at radius 3 is 2.75 bits per heavy atom. The van der Waals surface area contributed by atoms with Gasteiger partial charge in [-0.25, -0.2) is 0 Å². The van der Waals surface area contributed by atoms with Crippen molar-refractivity contribution in [3.05, 3.63) is 28.2 Å². The molecule has 1 aliphatic carbocycles. The van der Waals surface area contributed by atoms with Gasteiger partial charge in [0.15, 0.2) is 0 Å². The Morgan fingerprint density at radius 1 is 1.50 bits per heavy atom. The first-order valence-corrected chi connectivity index (χ1v) is 6.54. The van der Waals surface area contributed by atoms with Crippen molar-refractivity contribution in [2.24, 2.45) is 5.92 Å². The predicted octanol–water partition coefficient (Wildman–Crippen LogP) is 3.52. The van der Waals surface area contributed by atoms with Crippen LogP contribution in [0.3, 0.4) is 0 Å². The Labute approximate surface area is 106 Å². The molecule has 16 heavy (non-hydrogen) atoms. The number of methoxy groups -OCH3 is 1. The lowest BCUT2D eigenvalue weighted by Gasteiger charge is -2.18. The molecule has 1 aromatic carbocycles. The molecule has 1 aromatic rings. The summed E-state index contributed by atoms with van der Waals surface area (Å²) in [6.07, 6.45) is 4.03. The summed E-state index contributed by atoms with van der Waals surface area (Å²) < 4.78 is 6.34. The highest BCUT2D eigenvalue weighted by Gasteiger charge is 2.26. The van der Waals surface area contributed by atoms with E-state index >= 15 is 0 Å². The minimum absolute atomic E-state index is 0.452. The summed E-state index contributed by atoms with van der Waals surface area (Å²) in [6.45, 7) is 0. The fourth-order valence-corrected chi connectivity index (χ4v) is 2.64. The SMILES string of the molecule is CNC(CC1CC1)c1ccc(OC)cc1Br. The van der Waals surface area contributed by atoms with E-state index in [1.54, 1.807) is 7.11 Å². The van der Waals surface area contributed by atoms with Crippen LogP contribution in [-0.4, -0.2) is 14.2 Å². The quantitative estimate of drug-likeness (QED) is 0.893. The van der Waals surface area contributed by atoms with Gasteiger partial charge < -0.3 is 10.1 Å².